The van der Waals surface area contributed by atoms with Crippen molar-refractivity contribution >= 4 is 5.69 Å². The minimum absolute atomic E-state index is 0.163. The summed E-state index contributed by atoms with van der Waals surface area (Å²) in [6.07, 6.45) is 13.1. The molecule has 2 aromatic carbocycles. The van der Waals surface area contributed by atoms with Crippen LogP contribution in [-0.2, 0) is 12.0 Å². The molecule has 194 valence electrons. The Morgan fingerprint density at radius 1 is 0.973 bits per heavy atom. The van der Waals surface area contributed by atoms with Crippen LogP contribution in [0.15, 0.2) is 67.0 Å². The van der Waals surface area contributed by atoms with E-state index < -0.39 is 0 Å². The lowest BCUT2D eigenvalue weighted by atomic mass is 9.59. The summed E-state index contributed by atoms with van der Waals surface area (Å²) in [7, 11) is 0. The molecule has 2 fully saturated rings. The van der Waals surface area contributed by atoms with E-state index in [2.05, 4.69) is 62.7 Å². The molecule has 1 saturated carbocycles. The van der Waals surface area contributed by atoms with E-state index >= 15 is 0 Å². The molecule has 3 aromatic rings. The van der Waals surface area contributed by atoms with E-state index in [1.54, 1.807) is 0 Å². The van der Waals surface area contributed by atoms with Gasteiger partial charge in [-0.3, -0.25) is 0 Å². The molecule has 0 spiro atoms. The van der Waals surface area contributed by atoms with Crippen molar-refractivity contribution in [1.82, 2.24) is 14.5 Å². The first-order chi connectivity index (χ1) is 18.2. The minimum atomic E-state index is 0.163. The molecule has 5 nitrogen and oxygen atoms in total. The Morgan fingerprint density at radius 3 is 2.32 bits per heavy atom. The highest BCUT2D eigenvalue weighted by Gasteiger charge is 2.48. The average molecular weight is 497 g/mol. The summed E-state index contributed by atoms with van der Waals surface area (Å²) >= 11 is 0. The van der Waals surface area contributed by atoms with Crippen molar-refractivity contribution < 1.29 is 4.74 Å². The van der Waals surface area contributed by atoms with E-state index in [1.165, 1.54) is 44.1 Å². The Hall–Kier alpha value is -3.10. The van der Waals surface area contributed by atoms with Crippen molar-refractivity contribution in [1.29, 1.82) is 0 Å². The van der Waals surface area contributed by atoms with Crippen LogP contribution >= 0.6 is 0 Å². The molecular formula is C32H40N4O. The van der Waals surface area contributed by atoms with Crippen LogP contribution in [0.3, 0.4) is 0 Å². The summed E-state index contributed by atoms with van der Waals surface area (Å²) in [5.74, 6) is 3.38. The van der Waals surface area contributed by atoms with Crippen LogP contribution in [-0.4, -0.2) is 40.7 Å². The third-order valence-electron chi connectivity index (χ3n) is 8.92. The molecule has 1 aliphatic heterocycles. The molecule has 1 unspecified atom stereocenters. The smallest absolute Gasteiger partial charge is 0.187 e. The van der Waals surface area contributed by atoms with Crippen LogP contribution in [0.2, 0.25) is 0 Å². The van der Waals surface area contributed by atoms with Crippen LogP contribution in [0.4, 0.5) is 5.69 Å². The van der Waals surface area contributed by atoms with Gasteiger partial charge in [0.15, 0.2) is 5.69 Å². The number of hydrogen-bond acceptors (Lipinski definition) is 3. The summed E-state index contributed by atoms with van der Waals surface area (Å²) in [4.78, 5) is 10.7. The maximum absolute atomic E-state index is 7.08. The lowest BCUT2D eigenvalue weighted by Gasteiger charge is -2.49. The number of ether oxygens (including phenoxy) is 1. The third-order valence-corrected chi connectivity index (χ3v) is 8.92. The Bertz CT molecular complexity index is 1150. The second kappa shape index (κ2) is 12.0. The lowest BCUT2D eigenvalue weighted by molar-refractivity contribution is 0.0706. The number of likely N-dealkylation sites (tertiary alicyclic amines) is 1. The number of nitrogens with zero attached hydrogens (tertiary/aromatic N) is 4. The average Bonchev–Trinajstić information content (AvgIpc) is 3.63. The van der Waals surface area contributed by atoms with Crippen LogP contribution in [0.5, 0.6) is 5.75 Å². The molecule has 5 rings (SSSR count). The van der Waals surface area contributed by atoms with Crippen molar-refractivity contribution in [3.05, 3.63) is 89.8 Å². The standard InChI is InChI=1S/C32H40N4O/c1-26-34-19-23-36(26)25-32(28-11-6-7-12-28,27-9-4-3-5-10-27)29-17-21-35(22-18-29)20-8-24-37-31-15-13-30(33-2)14-16-31/h3-5,9-10,13-16,19,23,28-29H,6-8,11-12,17-18,20-22,24-25H2,1H3. The first-order valence-electron chi connectivity index (χ1n) is 14.0. The molecule has 0 N–H and O–H groups in total. The van der Waals surface area contributed by atoms with Crippen LogP contribution in [0.25, 0.3) is 4.85 Å². The summed E-state index contributed by atoms with van der Waals surface area (Å²) in [6.45, 7) is 14.4. The highest BCUT2D eigenvalue weighted by Crippen LogP contribution is 2.51. The van der Waals surface area contributed by atoms with Gasteiger partial charge in [0.25, 0.3) is 0 Å². The van der Waals surface area contributed by atoms with Gasteiger partial charge in [-0.2, -0.15) is 0 Å². The second-order valence-electron chi connectivity index (χ2n) is 10.9. The van der Waals surface area contributed by atoms with E-state index in [0.29, 0.717) is 18.2 Å². The van der Waals surface area contributed by atoms with Crippen LogP contribution < -0.4 is 4.74 Å². The summed E-state index contributed by atoms with van der Waals surface area (Å²) < 4.78 is 8.35. The molecule has 2 heterocycles. The quantitative estimate of drug-likeness (QED) is 0.223. The van der Waals surface area contributed by atoms with E-state index in [-0.39, 0.29) is 5.41 Å². The molecule has 0 radical (unpaired) electrons. The zero-order valence-electron chi connectivity index (χ0n) is 22.2. The summed E-state index contributed by atoms with van der Waals surface area (Å²) in [5, 5.41) is 0. The van der Waals surface area contributed by atoms with Gasteiger partial charge in [0.05, 0.1) is 13.2 Å². The first-order valence-corrected chi connectivity index (χ1v) is 14.0. The maximum Gasteiger partial charge on any atom is 0.187 e. The van der Waals surface area contributed by atoms with Crippen molar-refractivity contribution in [3.63, 3.8) is 0 Å². The number of aryl methyl sites for hydroxylation is 1. The van der Waals surface area contributed by atoms with Gasteiger partial charge in [-0.25, -0.2) is 9.83 Å². The first kappa shape index (κ1) is 25.5. The molecular weight excluding hydrogens is 456 g/mol. The number of rotatable bonds is 10. The molecule has 1 aromatic heterocycles. The van der Waals surface area contributed by atoms with E-state index in [4.69, 9.17) is 11.3 Å². The fraction of sp³-hybridized carbons (Fsp3) is 0.500. The van der Waals surface area contributed by atoms with E-state index in [0.717, 1.165) is 50.1 Å². The van der Waals surface area contributed by atoms with Crippen molar-refractivity contribution in [2.75, 3.05) is 26.2 Å². The number of piperidine rings is 1. The van der Waals surface area contributed by atoms with Gasteiger partial charge in [0, 0.05) is 30.9 Å². The van der Waals surface area contributed by atoms with E-state index in [1.807, 2.05) is 30.5 Å². The van der Waals surface area contributed by atoms with Gasteiger partial charge in [0.1, 0.15) is 11.6 Å². The monoisotopic (exact) mass is 496 g/mol. The molecule has 0 bridgehead atoms. The summed E-state index contributed by atoms with van der Waals surface area (Å²) in [6, 6.07) is 18.9. The molecule has 1 saturated heterocycles. The van der Waals surface area contributed by atoms with Crippen molar-refractivity contribution in [2.24, 2.45) is 11.8 Å². The van der Waals surface area contributed by atoms with Crippen molar-refractivity contribution in [3.8, 4) is 5.75 Å². The fourth-order valence-corrected chi connectivity index (χ4v) is 6.96. The number of aromatic nitrogens is 2. The predicted molar refractivity (Wildman–Crippen MR) is 149 cm³/mol. The van der Waals surface area contributed by atoms with Crippen LogP contribution in [0.1, 0.15) is 56.3 Å². The number of hydrogen-bond donors (Lipinski definition) is 0. The minimum Gasteiger partial charge on any atom is -0.494 e. The van der Waals surface area contributed by atoms with Gasteiger partial charge in [0.2, 0.25) is 0 Å². The van der Waals surface area contributed by atoms with Gasteiger partial charge >= 0.3 is 0 Å². The van der Waals surface area contributed by atoms with Gasteiger partial charge in [-0.1, -0.05) is 55.3 Å². The number of benzene rings is 2. The topological polar surface area (TPSA) is 34.6 Å². The zero-order chi connectivity index (χ0) is 25.5. The number of imidazole rings is 1. The van der Waals surface area contributed by atoms with Gasteiger partial charge in [-0.05, 0) is 81.6 Å². The fourth-order valence-electron chi connectivity index (χ4n) is 6.96. The maximum atomic E-state index is 7.08. The van der Waals surface area contributed by atoms with Crippen molar-refractivity contribution in [2.45, 2.75) is 63.8 Å². The molecule has 5 heteroatoms. The Labute approximate surface area is 222 Å². The highest BCUT2D eigenvalue weighted by atomic mass is 16.5. The molecule has 0 amide bonds. The second-order valence-corrected chi connectivity index (χ2v) is 10.9. The van der Waals surface area contributed by atoms with Gasteiger partial charge < -0.3 is 14.2 Å². The molecule has 2 aliphatic rings. The lowest BCUT2D eigenvalue weighted by Crippen LogP contribution is -2.50. The Balaban J connectivity index is 1.25. The highest BCUT2D eigenvalue weighted by molar-refractivity contribution is 5.46. The Kier molecular flexibility index (Phi) is 8.26. The molecule has 1 atom stereocenters. The normalized spacial score (nSPS) is 18.9. The zero-order valence-corrected chi connectivity index (χ0v) is 22.2. The third kappa shape index (κ3) is 5.75. The summed E-state index contributed by atoms with van der Waals surface area (Å²) in [5.41, 5.74) is 2.35. The van der Waals surface area contributed by atoms with Crippen LogP contribution in [0, 0.1) is 25.3 Å². The van der Waals surface area contributed by atoms with Gasteiger partial charge in [-0.15, -0.1) is 0 Å². The molecule has 37 heavy (non-hydrogen) atoms. The van der Waals surface area contributed by atoms with E-state index in [9.17, 15) is 0 Å². The Morgan fingerprint density at radius 2 is 1.68 bits per heavy atom. The largest absolute Gasteiger partial charge is 0.494 e. The predicted octanol–water partition coefficient (Wildman–Crippen LogP) is 7.05. The SMILES string of the molecule is [C-]#[N+]c1ccc(OCCCN2CCC(C(Cn3ccnc3C)(c3ccccc3)C3CCCC3)CC2)cc1. The molecule has 1 aliphatic carbocycles.